The van der Waals surface area contributed by atoms with Gasteiger partial charge in [0, 0.05) is 25.2 Å². The average Bonchev–Trinajstić information content (AvgIpc) is 2.37. The molecule has 1 aromatic rings. The van der Waals surface area contributed by atoms with Crippen LogP contribution in [0.15, 0.2) is 11.0 Å². The zero-order valence-corrected chi connectivity index (χ0v) is 13.2. The number of rotatable bonds is 5. The number of sulfonamides is 1. The molecular weight excluding hydrogens is 274 g/mol. The lowest BCUT2D eigenvalue weighted by molar-refractivity contribution is 0.434. The first-order chi connectivity index (χ1) is 9.27. The smallest absolute Gasteiger partial charge is 0.243 e. The van der Waals surface area contributed by atoms with Crippen LogP contribution in [0, 0.1) is 32.1 Å². The molecule has 0 saturated heterocycles. The van der Waals surface area contributed by atoms with Gasteiger partial charge < -0.3 is 5.73 Å². The molecule has 0 heterocycles. The Morgan fingerprint density at radius 2 is 1.90 bits per heavy atom. The highest BCUT2D eigenvalue weighted by Gasteiger charge is 2.28. The van der Waals surface area contributed by atoms with E-state index in [0.29, 0.717) is 23.4 Å². The number of hydrogen-bond acceptors (Lipinski definition) is 4. The van der Waals surface area contributed by atoms with Gasteiger partial charge in [-0.1, -0.05) is 6.92 Å². The number of aryl methyl sites for hydroxylation is 1. The lowest BCUT2D eigenvalue weighted by Gasteiger charge is -2.23. The molecule has 0 amide bonds. The van der Waals surface area contributed by atoms with Gasteiger partial charge in [-0.15, -0.1) is 0 Å². The minimum absolute atomic E-state index is 0.173. The van der Waals surface area contributed by atoms with Crippen LogP contribution >= 0.6 is 0 Å². The molecule has 0 aliphatic rings. The number of nitrogens with zero attached hydrogens (tertiary/aromatic N) is 2. The van der Waals surface area contributed by atoms with Crippen LogP contribution in [-0.2, 0) is 10.0 Å². The van der Waals surface area contributed by atoms with Gasteiger partial charge in [0.1, 0.15) is 0 Å². The normalized spacial score (nSPS) is 11.6. The van der Waals surface area contributed by atoms with Gasteiger partial charge in [0.2, 0.25) is 10.0 Å². The van der Waals surface area contributed by atoms with Crippen molar-refractivity contribution in [2.75, 3.05) is 18.8 Å². The molecule has 0 aliphatic heterocycles. The molecule has 1 aromatic carbocycles. The van der Waals surface area contributed by atoms with Crippen LogP contribution < -0.4 is 5.73 Å². The molecule has 1 rings (SSSR count). The summed E-state index contributed by atoms with van der Waals surface area (Å²) in [4.78, 5) is 0.273. The Kier molecular flexibility index (Phi) is 5.15. The largest absolute Gasteiger partial charge is 0.398 e. The van der Waals surface area contributed by atoms with Crippen LogP contribution in [0.3, 0.4) is 0 Å². The van der Waals surface area contributed by atoms with Crippen LogP contribution in [-0.4, -0.2) is 25.8 Å². The number of anilines is 1. The van der Waals surface area contributed by atoms with Gasteiger partial charge in [-0.05, 0) is 43.5 Å². The predicted molar refractivity (Wildman–Crippen MR) is 79.7 cm³/mol. The molecule has 0 bridgehead atoms. The fraction of sp³-hybridized carbons (Fsp3) is 0.500. The first-order valence-corrected chi connectivity index (χ1v) is 7.94. The molecule has 0 radical (unpaired) electrons. The molecule has 2 N–H and O–H groups in total. The van der Waals surface area contributed by atoms with E-state index in [1.807, 2.05) is 13.0 Å². The predicted octanol–water partition coefficient (Wildman–Crippen LogP) is 2.12. The molecule has 0 fully saturated rings. The topological polar surface area (TPSA) is 87.2 Å². The Hall–Kier alpha value is -1.58. The minimum atomic E-state index is -3.63. The molecule has 20 heavy (non-hydrogen) atoms. The summed E-state index contributed by atoms with van der Waals surface area (Å²) in [5.41, 5.74) is 8.51. The van der Waals surface area contributed by atoms with Gasteiger partial charge in [0.25, 0.3) is 0 Å². The van der Waals surface area contributed by atoms with E-state index in [1.165, 1.54) is 4.31 Å². The first kappa shape index (κ1) is 16.5. The Morgan fingerprint density at radius 1 is 1.30 bits per heavy atom. The van der Waals surface area contributed by atoms with E-state index in [4.69, 9.17) is 11.0 Å². The maximum atomic E-state index is 12.8. The summed E-state index contributed by atoms with van der Waals surface area (Å²) in [5, 5.41) is 8.65. The van der Waals surface area contributed by atoms with Gasteiger partial charge in [0.15, 0.2) is 0 Å². The monoisotopic (exact) mass is 295 g/mol. The number of nitrogen functional groups attached to an aromatic ring is 1. The van der Waals surface area contributed by atoms with Crippen LogP contribution in [0.2, 0.25) is 0 Å². The van der Waals surface area contributed by atoms with E-state index in [2.05, 4.69) is 0 Å². The fourth-order valence-corrected chi connectivity index (χ4v) is 4.16. The lowest BCUT2D eigenvalue weighted by atomic mass is 10.1. The van der Waals surface area contributed by atoms with Crippen molar-refractivity contribution < 1.29 is 8.42 Å². The van der Waals surface area contributed by atoms with Crippen molar-refractivity contribution >= 4 is 15.7 Å². The maximum Gasteiger partial charge on any atom is 0.243 e. The second-order valence-electron chi connectivity index (χ2n) is 4.77. The number of nitriles is 1. The highest BCUT2D eigenvalue weighted by Crippen LogP contribution is 2.30. The quantitative estimate of drug-likeness (QED) is 0.843. The summed E-state index contributed by atoms with van der Waals surface area (Å²) >= 11 is 0. The van der Waals surface area contributed by atoms with Gasteiger partial charge >= 0.3 is 0 Å². The van der Waals surface area contributed by atoms with Crippen molar-refractivity contribution in [3.63, 3.8) is 0 Å². The third kappa shape index (κ3) is 2.94. The molecule has 6 heteroatoms. The van der Waals surface area contributed by atoms with Gasteiger partial charge in [-0.3, -0.25) is 0 Å². The van der Waals surface area contributed by atoms with E-state index in [0.717, 1.165) is 5.56 Å². The second-order valence-corrected chi connectivity index (χ2v) is 6.64. The summed E-state index contributed by atoms with van der Waals surface area (Å²) in [7, 11) is -3.63. The number of benzene rings is 1. The van der Waals surface area contributed by atoms with Gasteiger partial charge in [0.05, 0.1) is 11.0 Å². The van der Waals surface area contributed by atoms with Crippen molar-refractivity contribution in [3.8, 4) is 6.07 Å². The lowest BCUT2D eigenvalue weighted by Crippen LogP contribution is -2.33. The zero-order chi connectivity index (χ0) is 15.5. The van der Waals surface area contributed by atoms with Gasteiger partial charge in [-0.2, -0.15) is 9.57 Å². The Balaban J connectivity index is 3.46. The third-order valence-corrected chi connectivity index (χ3v) is 5.75. The Bertz CT molecular complexity index is 619. The van der Waals surface area contributed by atoms with E-state index in [1.54, 1.807) is 26.8 Å². The zero-order valence-electron chi connectivity index (χ0n) is 12.4. The maximum absolute atomic E-state index is 12.8. The average molecular weight is 295 g/mol. The summed E-state index contributed by atoms with van der Waals surface area (Å²) < 4.78 is 26.9. The van der Waals surface area contributed by atoms with Gasteiger partial charge in [-0.25, -0.2) is 8.42 Å². The van der Waals surface area contributed by atoms with E-state index < -0.39 is 10.0 Å². The van der Waals surface area contributed by atoms with Crippen molar-refractivity contribution in [3.05, 3.63) is 22.8 Å². The fourth-order valence-electron chi connectivity index (χ4n) is 2.18. The molecule has 0 atom stereocenters. The molecule has 0 spiro atoms. The first-order valence-electron chi connectivity index (χ1n) is 6.50. The highest BCUT2D eigenvalue weighted by molar-refractivity contribution is 7.89. The van der Waals surface area contributed by atoms with Crippen LogP contribution in [0.4, 0.5) is 5.69 Å². The van der Waals surface area contributed by atoms with E-state index >= 15 is 0 Å². The molecule has 0 unspecified atom stereocenters. The minimum Gasteiger partial charge on any atom is -0.398 e. The molecule has 5 nitrogen and oxygen atoms in total. The molecular formula is C14H21N3O2S. The number of hydrogen-bond donors (Lipinski definition) is 1. The van der Waals surface area contributed by atoms with Crippen LogP contribution in [0.5, 0.6) is 0 Å². The Labute approximate surface area is 121 Å². The van der Waals surface area contributed by atoms with Crippen LogP contribution in [0.25, 0.3) is 0 Å². The summed E-state index contributed by atoms with van der Waals surface area (Å²) in [5.74, 6) is 0. The van der Waals surface area contributed by atoms with Crippen molar-refractivity contribution in [1.82, 2.24) is 4.31 Å². The summed E-state index contributed by atoms with van der Waals surface area (Å²) in [6.07, 6.45) is 0.173. The Morgan fingerprint density at radius 3 is 2.40 bits per heavy atom. The molecule has 0 saturated carbocycles. The molecule has 110 valence electrons. The molecule has 0 aromatic heterocycles. The van der Waals surface area contributed by atoms with Crippen molar-refractivity contribution in [2.24, 2.45) is 0 Å². The third-order valence-electron chi connectivity index (χ3n) is 3.50. The SMILES string of the molecule is CCN(CCC#N)S(=O)(=O)c1c(C)c(C)cc(N)c1C. The highest BCUT2D eigenvalue weighted by atomic mass is 32.2. The standard InChI is InChI=1S/C14H21N3O2S/c1-5-17(8-6-7-15)20(18,19)14-11(3)10(2)9-13(16)12(14)4/h9H,5-6,8,16H2,1-4H3. The van der Waals surface area contributed by atoms with Crippen molar-refractivity contribution in [2.45, 2.75) is 39.0 Å². The summed E-state index contributed by atoms with van der Waals surface area (Å²) in [6, 6.07) is 3.76. The van der Waals surface area contributed by atoms with Crippen LogP contribution in [0.1, 0.15) is 30.0 Å². The van der Waals surface area contributed by atoms with E-state index in [9.17, 15) is 8.42 Å². The summed E-state index contributed by atoms with van der Waals surface area (Å²) in [6.45, 7) is 7.63. The second kappa shape index (κ2) is 6.25. The number of nitrogens with two attached hydrogens (primary N) is 1. The molecule has 0 aliphatic carbocycles. The van der Waals surface area contributed by atoms with Crippen molar-refractivity contribution in [1.29, 1.82) is 5.26 Å². The van der Waals surface area contributed by atoms with E-state index in [-0.39, 0.29) is 17.9 Å².